The number of nitrogens with one attached hydrogen (secondary N) is 1. The minimum absolute atomic E-state index is 0.280. The fourth-order valence-corrected chi connectivity index (χ4v) is 4.49. The number of anilines is 1. The van der Waals surface area contributed by atoms with Gasteiger partial charge in [0.15, 0.2) is 0 Å². The van der Waals surface area contributed by atoms with Crippen LogP contribution >= 0.6 is 11.6 Å². The summed E-state index contributed by atoms with van der Waals surface area (Å²) in [6.45, 7) is 3.83. The first-order valence-corrected chi connectivity index (χ1v) is 9.98. The van der Waals surface area contributed by atoms with Gasteiger partial charge in [0.05, 0.1) is 0 Å². The van der Waals surface area contributed by atoms with Crippen molar-refractivity contribution in [1.29, 1.82) is 0 Å². The zero-order valence-corrected chi connectivity index (χ0v) is 17.1. The first kappa shape index (κ1) is 19.5. The Morgan fingerprint density at radius 2 is 1.93 bits per heavy atom. The van der Waals surface area contributed by atoms with Crippen molar-refractivity contribution < 1.29 is 14.4 Å². The lowest BCUT2D eigenvalue weighted by Gasteiger charge is -2.32. The molecule has 4 rings (SSSR count). The Bertz CT molecular complexity index is 1010. The van der Waals surface area contributed by atoms with Crippen LogP contribution in [0.4, 0.5) is 10.5 Å². The predicted octanol–water partition coefficient (Wildman–Crippen LogP) is 3.39. The summed E-state index contributed by atoms with van der Waals surface area (Å²) in [7, 11) is 0. The maximum Gasteiger partial charge on any atom is 0.325 e. The molecule has 2 aliphatic rings. The molecule has 1 unspecified atom stereocenters. The van der Waals surface area contributed by atoms with Crippen LogP contribution in [-0.2, 0) is 21.5 Å². The number of imide groups is 1. The summed E-state index contributed by atoms with van der Waals surface area (Å²) in [5.41, 5.74) is 2.26. The zero-order chi connectivity index (χ0) is 20.8. The van der Waals surface area contributed by atoms with E-state index >= 15 is 0 Å². The minimum atomic E-state index is -1.18. The van der Waals surface area contributed by atoms with E-state index in [1.165, 1.54) is 0 Å². The lowest BCUT2D eigenvalue weighted by molar-refractivity contribution is -0.134. The summed E-state index contributed by atoms with van der Waals surface area (Å²) in [5.74, 6) is -0.704. The Balaban J connectivity index is 1.59. The molecule has 0 saturated carbocycles. The molecular formula is C22H22ClN3O3. The molecule has 2 aromatic rings. The third-order valence-corrected chi connectivity index (χ3v) is 5.88. The second-order valence-corrected chi connectivity index (χ2v) is 8.13. The Morgan fingerprint density at radius 3 is 2.66 bits per heavy atom. The van der Waals surface area contributed by atoms with Crippen LogP contribution in [0.5, 0.6) is 0 Å². The molecule has 150 valence electrons. The van der Waals surface area contributed by atoms with Gasteiger partial charge in [0.1, 0.15) is 12.1 Å². The number of nitrogens with zero attached hydrogens (tertiary/aromatic N) is 2. The van der Waals surface area contributed by atoms with Gasteiger partial charge in [-0.25, -0.2) is 4.79 Å². The summed E-state index contributed by atoms with van der Waals surface area (Å²) in [4.78, 5) is 41.4. The van der Waals surface area contributed by atoms with Crippen LogP contribution in [0, 0.1) is 6.92 Å². The van der Waals surface area contributed by atoms with Crippen molar-refractivity contribution in [3.63, 3.8) is 0 Å². The van der Waals surface area contributed by atoms with Gasteiger partial charge in [0.2, 0.25) is 5.91 Å². The van der Waals surface area contributed by atoms with Gasteiger partial charge in [-0.2, -0.15) is 0 Å². The van der Waals surface area contributed by atoms with Crippen molar-refractivity contribution in [1.82, 2.24) is 10.2 Å². The summed E-state index contributed by atoms with van der Waals surface area (Å²) in [6, 6.07) is 12.2. The van der Waals surface area contributed by atoms with E-state index in [1.54, 1.807) is 24.0 Å². The molecular weight excluding hydrogens is 390 g/mol. The number of fused-ring (bicyclic) bond motifs is 1. The second kappa shape index (κ2) is 7.19. The summed E-state index contributed by atoms with van der Waals surface area (Å²) >= 11 is 6.17. The largest absolute Gasteiger partial charge is 0.325 e. The molecule has 0 bridgehead atoms. The van der Waals surface area contributed by atoms with Crippen LogP contribution < -0.4 is 10.2 Å². The van der Waals surface area contributed by atoms with Crippen molar-refractivity contribution in [3.8, 4) is 0 Å². The van der Waals surface area contributed by atoms with Gasteiger partial charge in [-0.3, -0.25) is 14.5 Å². The fourth-order valence-electron chi connectivity index (χ4n) is 4.20. The quantitative estimate of drug-likeness (QED) is 0.787. The number of aryl methyl sites for hydroxylation is 2. The van der Waals surface area contributed by atoms with E-state index in [0.717, 1.165) is 34.6 Å². The number of hydrogen-bond donors (Lipinski definition) is 1. The third-order valence-electron chi connectivity index (χ3n) is 5.66. The topological polar surface area (TPSA) is 69.7 Å². The summed E-state index contributed by atoms with van der Waals surface area (Å²) in [6.07, 6.45) is 1.65. The second-order valence-electron chi connectivity index (χ2n) is 7.69. The van der Waals surface area contributed by atoms with Crippen LogP contribution in [0.15, 0.2) is 42.5 Å². The van der Waals surface area contributed by atoms with E-state index in [-0.39, 0.29) is 12.5 Å². The molecule has 4 amide bonds. The van der Waals surface area contributed by atoms with Gasteiger partial charge in [-0.15, -0.1) is 0 Å². The molecule has 0 spiro atoms. The number of amides is 4. The van der Waals surface area contributed by atoms with E-state index in [4.69, 9.17) is 11.6 Å². The Kier molecular flexibility index (Phi) is 4.82. The molecule has 1 N–H and O–H groups in total. The van der Waals surface area contributed by atoms with Gasteiger partial charge >= 0.3 is 6.03 Å². The van der Waals surface area contributed by atoms with Crippen molar-refractivity contribution in [2.75, 3.05) is 18.0 Å². The molecule has 29 heavy (non-hydrogen) atoms. The Morgan fingerprint density at radius 1 is 1.21 bits per heavy atom. The smallest absolute Gasteiger partial charge is 0.319 e. The highest BCUT2D eigenvalue weighted by Gasteiger charge is 2.49. The number of rotatable bonds is 3. The van der Waals surface area contributed by atoms with Gasteiger partial charge in [0.25, 0.3) is 5.91 Å². The first-order valence-electron chi connectivity index (χ1n) is 9.60. The molecule has 1 fully saturated rings. The molecule has 2 aliphatic heterocycles. The summed E-state index contributed by atoms with van der Waals surface area (Å²) < 4.78 is 0. The number of halogens is 1. The number of urea groups is 1. The van der Waals surface area contributed by atoms with Crippen molar-refractivity contribution >= 4 is 35.1 Å². The standard InChI is InChI=1S/C22H22ClN3O3/c1-14-11-17(23)12-15-7-6-10-25(19(14)15)18(27)13-26-20(28)22(2,24-21(26)29)16-8-4-3-5-9-16/h3-5,8-9,11-12H,6-7,10,13H2,1-2H3,(H,24,29). The Labute approximate surface area is 174 Å². The van der Waals surface area contributed by atoms with Crippen molar-refractivity contribution in [2.24, 2.45) is 0 Å². The molecule has 1 saturated heterocycles. The molecule has 7 heteroatoms. The monoisotopic (exact) mass is 411 g/mol. The van der Waals surface area contributed by atoms with Crippen molar-refractivity contribution in [2.45, 2.75) is 32.2 Å². The van der Waals surface area contributed by atoms with Gasteiger partial charge in [-0.05, 0) is 55.5 Å². The van der Waals surface area contributed by atoms with E-state index in [0.29, 0.717) is 17.1 Å². The molecule has 0 aromatic heterocycles. The van der Waals surface area contributed by atoms with E-state index < -0.39 is 17.5 Å². The number of benzene rings is 2. The molecule has 6 nitrogen and oxygen atoms in total. The normalized spacial score (nSPS) is 21.2. The summed E-state index contributed by atoms with van der Waals surface area (Å²) in [5, 5.41) is 3.38. The highest BCUT2D eigenvalue weighted by atomic mass is 35.5. The number of carbonyl (C=O) groups excluding carboxylic acids is 3. The maximum absolute atomic E-state index is 13.1. The molecule has 2 aromatic carbocycles. The van der Waals surface area contributed by atoms with Crippen LogP contribution in [0.1, 0.15) is 30.0 Å². The minimum Gasteiger partial charge on any atom is -0.319 e. The predicted molar refractivity (Wildman–Crippen MR) is 111 cm³/mol. The molecule has 0 aliphatic carbocycles. The number of hydrogen-bond acceptors (Lipinski definition) is 3. The molecule has 2 heterocycles. The van der Waals surface area contributed by atoms with E-state index in [2.05, 4.69) is 5.32 Å². The van der Waals surface area contributed by atoms with Crippen LogP contribution in [0.3, 0.4) is 0 Å². The van der Waals surface area contributed by atoms with Crippen LogP contribution in [0.2, 0.25) is 5.02 Å². The van der Waals surface area contributed by atoms with E-state index in [1.807, 2.05) is 37.3 Å². The zero-order valence-electron chi connectivity index (χ0n) is 16.4. The third kappa shape index (κ3) is 3.27. The van der Waals surface area contributed by atoms with E-state index in [9.17, 15) is 14.4 Å². The average Bonchev–Trinajstić information content (AvgIpc) is 2.92. The first-order chi connectivity index (χ1) is 13.8. The van der Waals surface area contributed by atoms with Crippen LogP contribution in [0.25, 0.3) is 0 Å². The SMILES string of the molecule is Cc1cc(Cl)cc2c1N(C(=O)CN1C(=O)NC(C)(c3ccccc3)C1=O)CCC2. The van der Waals surface area contributed by atoms with Gasteiger partial charge in [-0.1, -0.05) is 41.9 Å². The van der Waals surface area contributed by atoms with Gasteiger partial charge < -0.3 is 10.2 Å². The number of carbonyl (C=O) groups is 3. The van der Waals surface area contributed by atoms with Crippen LogP contribution in [-0.4, -0.2) is 35.8 Å². The highest BCUT2D eigenvalue weighted by Crippen LogP contribution is 2.34. The fraction of sp³-hybridized carbons (Fsp3) is 0.318. The highest BCUT2D eigenvalue weighted by molar-refractivity contribution is 6.31. The average molecular weight is 412 g/mol. The molecule has 1 atom stereocenters. The van der Waals surface area contributed by atoms with Gasteiger partial charge in [0, 0.05) is 17.3 Å². The molecule has 0 radical (unpaired) electrons. The lowest BCUT2D eigenvalue weighted by atomic mass is 9.92. The lowest BCUT2D eigenvalue weighted by Crippen LogP contribution is -2.46. The Hall–Kier alpha value is -2.86. The maximum atomic E-state index is 13.1. The van der Waals surface area contributed by atoms with Crippen molar-refractivity contribution in [3.05, 3.63) is 64.2 Å².